The quantitative estimate of drug-likeness (QED) is 0.118. The second-order valence-corrected chi connectivity index (χ2v) is 14.6. The number of ether oxygens (including phenoxy) is 1. The monoisotopic (exact) mass is 582 g/mol. The van der Waals surface area contributed by atoms with Crippen molar-refractivity contribution in [2.24, 2.45) is 11.8 Å². The molecule has 0 amide bonds. The maximum absolute atomic E-state index is 12.7. The molecule has 220 valence electrons. The van der Waals surface area contributed by atoms with E-state index < -0.39 is 0 Å². The lowest BCUT2D eigenvalue weighted by atomic mass is 9.77. The molecule has 1 aromatic carbocycles. The molecule has 6 heteroatoms. The van der Waals surface area contributed by atoms with Crippen LogP contribution in [0.2, 0.25) is 0 Å². The minimum Gasteiger partial charge on any atom is -0.426 e. The number of hydrogen-bond donors (Lipinski definition) is 0. The lowest BCUT2D eigenvalue weighted by Crippen LogP contribution is -2.29. The van der Waals surface area contributed by atoms with Crippen molar-refractivity contribution in [2.45, 2.75) is 121 Å². The van der Waals surface area contributed by atoms with Gasteiger partial charge < -0.3 is 4.74 Å². The van der Waals surface area contributed by atoms with Gasteiger partial charge in [0.05, 0.1) is 10.5 Å². The standard InChI is InChI=1S/C34H50N2O2S2/c1-3-5-7-8-9-11-12-26-14-16-27(17-15-26)29-22-35-33(36-23-29)28-18-20-31(21-19-28)38-34(37)30-24-39-32(40-25-30)13-10-6-4-2/h18-23,26-27,30,32H,3-17,24-25H2,1-2H3/t26-,27-,30-,32-. The van der Waals surface area contributed by atoms with E-state index in [2.05, 4.69) is 13.8 Å². The second kappa shape index (κ2) is 17.4. The van der Waals surface area contributed by atoms with Gasteiger partial charge in [-0.05, 0) is 73.8 Å². The molecule has 2 fully saturated rings. The Hall–Kier alpha value is -1.53. The van der Waals surface area contributed by atoms with Crippen molar-refractivity contribution in [2.75, 3.05) is 11.5 Å². The van der Waals surface area contributed by atoms with Crippen LogP contribution in [0, 0.1) is 11.8 Å². The SMILES string of the molecule is CCCCCCCC[C@H]1CC[C@H](c2cnc(-c3ccc(OC(=O)[C@H]4CS[C@H](CCCCC)SC4)cc3)nc2)CC1. The fraction of sp³-hybridized carbons (Fsp3) is 0.676. The summed E-state index contributed by atoms with van der Waals surface area (Å²) in [6.07, 6.45) is 24.2. The maximum Gasteiger partial charge on any atom is 0.316 e. The average molecular weight is 583 g/mol. The van der Waals surface area contributed by atoms with E-state index >= 15 is 0 Å². The van der Waals surface area contributed by atoms with Gasteiger partial charge in [-0.2, -0.15) is 0 Å². The van der Waals surface area contributed by atoms with Crippen LogP contribution in [0.4, 0.5) is 0 Å². The molecule has 40 heavy (non-hydrogen) atoms. The topological polar surface area (TPSA) is 52.1 Å². The Bertz CT molecular complexity index is 982. The van der Waals surface area contributed by atoms with Gasteiger partial charge >= 0.3 is 5.97 Å². The average Bonchev–Trinajstić information content (AvgIpc) is 3.00. The lowest BCUT2D eigenvalue weighted by molar-refractivity contribution is -0.137. The largest absolute Gasteiger partial charge is 0.426 e. The Balaban J connectivity index is 1.17. The van der Waals surface area contributed by atoms with E-state index in [0.29, 0.717) is 16.2 Å². The minimum atomic E-state index is -0.109. The summed E-state index contributed by atoms with van der Waals surface area (Å²) < 4.78 is 6.36. The predicted octanol–water partition coefficient (Wildman–Crippen LogP) is 10.1. The van der Waals surface area contributed by atoms with Crippen molar-refractivity contribution in [1.82, 2.24) is 9.97 Å². The molecule has 2 aromatic rings. The summed E-state index contributed by atoms with van der Waals surface area (Å²) in [5.74, 6) is 4.43. The summed E-state index contributed by atoms with van der Waals surface area (Å²) in [6, 6.07) is 7.65. The van der Waals surface area contributed by atoms with E-state index in [4.69, 9.17) is 14.7 Å². The molecule has 1 aromatic heterocycles. The Labute approximate surface area is 251 Å². The van der Waals surface area contributed by atoms with Crippen molar-refractivity contribution in [1.29, 1.82) is 0 Å². The number of aromatic nitrogens is 2. The first-order valence-electron chi connectivity index (χ1n) is 16.0. The highest BCUT2D eigenvalue weighted by Crippen LogP contribution is 2.39. The molecular formula is C34H50N2O2S2. The van der Waals surface area contributed by atoms with Crippen LogP contribution < -0.4 is 4.74 Å². The molecule has 0 radical (unpaired) electrons. The third-order valence-electron chi connectivity index (χ3n) is 8.63. The summed E-state index contributed by atoms with van der Waals surface area (Å²) >= 11 is 3.85. The van der Waals surface area contributed by atoms with Gasteiger partial charge in [0.15, 0.2) is 5.82 Å². The predicted molar refractivity (Wildman–Crippen MR) is 172 cm³/mol. The van der Waals surface area contributed by atoms with Crippen molar-refractivity contribution >= 4 is 29.5 Å². The Kier molecular flexibility index (Phi) is 13.7. The molecular weight excluding hydrogens is 533 g/mol. The van der Waals surface area contributed by atoms with Crippen LogP contribution in [0.1, 0.15) is 122 Å². The normalized spacial score (nSPS) is 23.1. The first kappa shape index (κ1) is 31.4. The molecule has 4 nitrogen and oxygen atoms in total. The second-order valence-electron chi connectivity index (χ2n) is 11.8. The Morgan fingerprint density at radius 3 is 2.08 bits per heavy atom. The highest BCUT2D eigenvalue weighted by molar-refractivity contribution is 8.17. The molecule has 1 aliphatic heterocycles. The molecule has 1 saturated carbocycles. The van der Waals surface area contributed by atoms with Crippen molar-refractivity contribution in [3.8, 4) is 17.1 Å². The van der Waals surface area contributed by atoms with Crippen LogP contribution in [-0.4, -0.2) is 32.0 Å². The fourth-order valence-electron chi connectivity index (χ4n) is 5.97. The first-order valence-corrected chi connectivity index (χ1v) is 18.1. The van der Waals surface area contributed by atoms with Crippen LogP contribution in [0.25, 0.3) is 11.4 Å². The minimum absolute atomic E-state index is 0.0291. The van der Waals surface area contributed by atoms with E-state index in [9.17, 15) is 4.79 Å². The summed E-state index contributed by atoms with van der Waals surface area (Å²) in [4.78, 5) is 22.1. The van der Waals surface area contributed by atoms with E-state index in [-0.39, 0.29) is 11.9 Å². The van der Waals surface area contributed by atoms with E-state index in [0.717, 1.165) is 28.8 Å². The first-order chi connectivity index (χ1) is 19.7. The summed E-state index contributed by atoms with van der Waals surface area (Å²) in [7, 11) is 0. The summed E-state index contributed by atoms with van der Waals surface area (Å²) in [5, 5.41) is 0. The van der Waals surface area contributed by atoms with Crippen LogP contribution in [0.3, 0.4) is 0 Å². The van der Waals surface area contributed by atoms with Gasteiger partial charge in [0, 0.05) is 29.5 Å². The van der Waals surface area contributed by atoms with Crippen LogP contribution in [0.5, 0.6) is 5.75 Å². The number of nitrogens with zero attached hydrogens (tertiary/aromatic N) is 2. The molecule has 0 spiro atoms. The van der Waals surface area contributed by atoms with E-state index in [1.807, 2.05) is 60.2 Å². The zero-order chi connectivity index (χ0) is 28.0. The van der Waals surface area contributed by atoms with Crippen molar-refractivity contribution in [3.05, 3.63) is 42.2 Å². The summed E-state index contributed by atoms with van der Waals surface area (Å²) in [6.45, 7) is 4.53. The number of esters is 1. The van der Waals surface area contributed by atoms with Gasteiger partial charge in [-0.25, -0.2) is 9.97 Å². The fourth-order valence-corrected chi connectivity index (χ4v) is 9.05. The van der Waals surface area contributed by atoms with Crippen LogP contribution in [-0.2, 0) is 4.79 Å². The highest BCUT2D eigenvalue weighted by atomic mass is 32.2. The van der Waals surface area contributed by atoms with Gasteiger partial charge in [0.25, 0.3) is 0 Å². The van der Waals surface area contributed by atoms with Crippen LogP contribution >= 0.6 is 23.5 Å². The molecule has 2 aliphatic rings. The van der Waals surface area contributed by atoms with Crippen molar-refractivity contribution < 1.29 is 9.53 Å². The number of rotatable bonds is 15. The van der Waals surface area contributed by atoms with Gasteiger partial charge in [-0.3, -0.25) is 4.79 Å². The number of thioether (sulfide) groups is 2. The third-order valence-corrected chi connectivity index (χ3v) is 11.9. The smallest absolute Gasteiger partial charge is 0.316 e. The maximum atomic E-state index is 12.7. The van der Waals surface area contributed by atoms with E-state index in [1.165, 1.54) is 102 Å². The van der Waals surface area contributed by atoms with E-state index in [1.54, 1.807) is 0 Å². The van der Waals surface area contributed by atoms with Gasteiger partial charge in [0.1, 0.15) is 5.75 Å². The molecule has 0 bridgehead atoms. The number of unbranched alkanes of at least 4 members (excludes halogenated alkanes) is 7. The molecule has 1 saturated heterocycles. The van der Waals surface area contributed by atoms with Crippen LogP contribution in [0.15, 0.2) is 36.7 Å². The number of carbonyl (C=O) groups excluding carboxylic acids is 1. The summed E-state index contributed by atoms with van der Waals surface area (Å²) in [5.41, 5.74) is 2.23. The molecule has 4 rings (SSSR count). The van der Waals surface area contributed by atoms with Crippen molar-refractivity contribution in [3.63, 3.8) is 0 Å². The van der Waals surface area contributed by atoms with Gasteiger partial charge in [-0.15, -0.1) is 23.5 Å². The zero-order valence-electron chi connectivity index (χ0n) is 24.8. The van der Waals surface area contributed by atoms with Gasteiger partial charge in [-0.1, -0.05) is 78.1 Å². The zero-order valence-corrected chi connectivity index (χ0v) is 26.5. The lowest BCUT2D eigenvalue weighted by Gasteiger charge is -2.28. The number of carbonyl (C=O) groups is 1. The number of hydrogen-bond acceptors (Lipinski definition) is 6. The highest BCUT2D eigenvalue weighted by Gasteiger charge is 2.28. The van der Waals surface area contributed by atoms with Gasteiger partial charge in [0.2, 0.25) is 0 Å². The molecule has 0 N–H and O–H groups in total. The Morgan fingerprint density at radius 2 is 1.40 bits per heavy atom. The molecule has 1 aliphatic carbocycles. The number of benzene rings is 1. The third kappa shape index (κ3) is 10.1. The molecule has 2 heterocycles. The Morgan fingerprint density at radius 1 is 0.800 bits per heavy atom. The molecule has 0 unspecified atom stereocenters. The molecule has 0 atom stereocenters.